The first-order valence-corrected chi connectivity index (χ1v) is 9.33. The zero-order valence-electron chi connectivity index (χ0n) is 14.8. The number of carbonyl (C=O) groups excluding carboxylic acids is 2. The summed E-state index contributed by atoms with van der Waals surface area (Å²) in [5.41, 5.74) is 0.903. The average molecular weight is 342 g/mol. The van der Waals surface area contributed by atoms with Crippen LogP contribution >= 0.6 is 0 Å². The average Bonchev–Trinajstić information content (AvgIpc) is 2.64. The molecule has 0 aromatic heterocycles. The van der Waals surface area contributed by atoms with Gasteiger partial charge in [0.25, 0.3) is 5.91 Å². The molecule has 4 rings (SSSR count). The van der Waals surface area contributed by atoms with Crippen LogP contribution in [0.5, 0.6) is 0 Å². The van der Waals surface area contributed by atoms with Gasteiger partial charge in [-0.15, -0.1) is 0 Å². The summed E-state index contributed by atoms with van der Waals surface area (Å²) in [4.78, 5) is 29.4. The Bertz CT molecular complexity index is 648. The predicted molar refractivity (Wildman–Crippen MR) is 93.7 cm³/mol. The molecule has 3 saturated heterocycles. The highest BCUT2D eigenvalue weighted by Gasteiger charge is 2.45. The maximum absolute atomic E-state index is 13.1. The summed E-state index contributed by atoms with van der Waals surface area (Å²) in [6, 6.07) is 10.0. The van der Waals surface area contributed by atoms with Gasteiger partial charge < -0.3 is 14.5 Å². The molecule has 3 aliphatic rings. The number of hydrogen-bond acceptors (Lipinski definition) is 3. The fourth-order valence-corrected chi connectivity index (χ4v) is 4.96. The molecule has 0 radical (unpaired) electrons. The third kappa shape index (κ3) is 3.06. The number of rotatable bonds is 3. The van der Waals surface area contributed by atoms with Crippen molar-refractivity contribution in [2.45, 2.75) is 37.8 Å². The Kier molecular flexibility index (Phi) is 4.50. The molecule has 2 amide bonds. The van der Waals surface area contributed by atoms with Gasteiger partial charge in [-0.3, -0.25) is 9.59 Å². The molecule has 4 atom stereocenters. The fraction of sp³-hybridized carbons (Fsp3) is 0.600. The van der Waals surface area contributed by atoms with Crippen molar-refractivity contribution in [3.63, 3.8) is 0 Å². The molecule has 3 aliphatic heterocycles. The number of nitrogens with zero attached hydrogens (tertiary/aromatic N) is 2. The number of hydrogen-bond donors (Lipinski definition) is 0. The number of piperidine rings is 3. The van der Waals surface area contributed by atoms with Crippen LogP contribution in [0.1, 0.15) is 37.4 Å². The van der Waals surface area contributed by atoms with Gasteiger partial charge in [-0.25, -0.2) is 0 Å². The van der Waals surface area contributed by atoms with Crippen molar-refractivity contribution >= 4 is 11.8 Å². The van der Waals surface area contributed by atoms with E-state index in [0.29, 0.717) is 30.2 Å². The normalized spacial score (nSPS) is 30.0. The molecule has 134 valence electrons. The molecule has 1 aromatic carbocycles. The van der Waals surface area contributed by atoms with E-state index in [2.05, 4.69) is 4.90 Å². The first-order valence-electron chi connectivity index (χ1n) is 9.33. The quantitative estimate of drug-likeness (QED) is 0.846. The van der Waals surface area contributed by atoms with Crippen molar-refractivity contribution in [2.24, 2.45) is 11.8 Å². The molecule has 1 aromatic rings. The zero-order valence-corrected chi connectivity index (χ0v) is 14.8. The summed E-state index contributed by atoms with van der Waals surface area (Å²) in [6.45, 7) is 2.29. The number of benzene rings is 1. The maximum Gasteiger partial charge on any atom is 0.256 e. The van der Waals surface area contributed by atoms with E-state index in [4.69, 9.17) is 4.74 Å². The van der Waals surface area contributed by atoms with Crippen molar-refractivity contribution in [3.05, 3.63) is 35.9 Å². The first kappa shape index (κ1) is 16.6. The Labute approximate surface area is 148 Å². The van der Waals surface area contributed by atoms with Crippen LogP contribution in [0, 0.1) is 11.8 Å². The fourth-order valence-electron chi connectivity index (χ4n) is 4.96. The third-order valence-corrected chi connectivity index (χ3v) is 6.05. The molecule has 0 N–H and O–H groups in total. The second kappa shape index (κ2) is 6.79. The highest BCUT2D eigenvalue weighted by Crippen LogP contribution is 2.38. The van der Waals surface area contributed by atoms with Gasteiger partial charge >= 0.3 is 0 Å². The Balaban J connectivity index is 1.51. The van der Waals surface area contributed by atoms with Crippen LogP contribution in [0.15, 0.2) is 30.3 Å². The van der Waals surface area contributed by atoms with E-state index in [1.807, 2.05) is 35.2 Å². The van der Waals surface area contributed by atoms with Crippen LogP contribution in [0.4, 0.5) is 0 Å². The van der Waals surface area contributed by atoms with E-state index in [1.165, 1.54) is 0 Å². The monoisotopic (exact) mass is 342 g/mol. The Morgan fingerprint density at radius 3 is 2.76 bits per heavy atom. The largest absolute Gasteiger partial charge is 0.367 e. The van der Waals surface area contributed by atoms with Gasteiger partial charge in [-0.1, -0.05) is 30.3 Å². The van der Waals surface area contributed by atoms with Crippen molar-refractivity contribution < 1.29 is 14.3 Å². The Morgan fingerprint density at radius 2 is 2.00 bits per heavy atom. The molecular weight excluding hydrogens is 316 g/mol. The minimum Gasteiger partial charge on any atom is -0.367 e. The molecule has 0 aliphatic carbocycles. The Morgan fingerprint density at radius 1 is 1.20 bits per heavy atom. The molecule has 2 unspecified atom stereocenters. The molecule has 5 nitrogen and oxygen atoms in total. The van der Waals surface area contributed by atoms with Gasteiger partial charge in [0, 0.05) is 39.2 Å². The van der Waals surface area contributed by atoms with Gasteiger partial charge in [0.05, 0.1) is 0 Å². The van der Waals surface area contributed by atoms with Crippen molar-refractivity contribution in [1.82, 2.24) is 9.80 Å². The van der Waals surface area contributed by atoms with Crippen LogP contribution in [-0.2, 0) is 14.3 Å². The van der Waals surface area contributed by atoms with Gasteiger partial charge in [-0.2, -0.15) is 0 Å². The lowest BCUT2D eigenvalue weighted by Crippen LogP contribution is -2.61. The van der Waals surface area contributed by atoms with Crippen molar-refractivity contribution in [1.29, 1.82) is 0 Å². The van der Waals surface area contributed by atoms with Crippen LogP contribution in [0.3, 0.4) is 0 Å². The van der Waals surface area contributed by atoms with Gasteiger partial charge in [0.15, 0.2) is 6.10 Å². The standard InChI is InChI=1S/C20H26N2O3/c1-25-19(15-6-3-2-4-7-15)20(24)21-11-14-10-16(13-21)17-8-5-9-18(23)22(17)12-14/h2-4,6-7,14,16-17,19H,5,8-13H2,1H3/t14?,16?,17-,19-/m0/s1. The van der Waals surface area contributed by atoms with Gasteiger partial charge in [0.1, 0.15) is 0 Å². The summed E-state index contributed by atoms with van der Waals surface area (Å²) >= 11 is 0. The molecule has 2 bridgehead atoms. The van der Waals surface area contributed by atoms with E-state index in [9.17, 15) is 9.59 Å². The second-order valence-corrected chi connectivity index (χ2v) is 7.64. The lowest BCUT2D eigenvalue weighted by atomic mass is 9.76. The highest BCUT2D eigenvalue weighted by atomic mass is 16.5. The van der Waals surface area contributed by atoms with E-state index in [-0.39, 0.29) is 5.91 Å². The van der Waals surface area contributed by atoms with Crippen LogP contribution in [0.25, 0.3) is 0 Å². The van der Waals surface area contributed by atoms with Crippen LogP contribution < -0.4 is 0 Å². The van der Waals surface area contributed by atoms with Gasteiger partial charge in [-0.05, 0) is 36.7 Å². The third-order valence-electron chi connectivity index (χ3n) is 6.05. The van der Waals surface area contributed by atoms with Crippen molar-refractivity contribution in [3.8, 4) is 0 Å². The lowest BCUT2D eigenvalue weighted by molar-refractivity contribution is -0.153. The first-order chi connectivity index (χ1) is 12.2. The summed E-state index contributed by atoms with van der Waals surface area (Å²) < 4.78 is 5.54. The molecule has 0 saturated carbocycles. The highest BCUT2D eigenvalue weighted by molar-refractivity contribution is 5.82. The summed E-state index contributed by atoms with van der Waals surface area (Å²) in [5.74, 6) is 1.17. The molecule has 5 heteroatoms. The second-order valence-electron chi connectivity index (χ2n) is 7.64. The minimum atomic E-state index is -0.538. The van der Waals surface area contributed by atoms with E-state index < -0.39 is 6.10 Å². The smallest absolute Gasteiger partial charge is 0.256 e. The summed E-state index contributed by atoms with van der Waals surface area (Å²) in [7, 11) is 1.60. The SMILES string of the molecule is CO[C@H](C(=O)N1CC2CC(C1)[C@@H]1CCCC(=O)N1C2)c1ccccc1. The molecular formula is C20H26N2O3. The van der Waals surface area contributed by atoms with E-state index >= 15 is 0 Å². The predicted octanol–water partition coefficient (Wildman–Crippen LogP) is 2.23. The maximum atomic E-state index is 13.1. The van der Waals surface area contributed by atoms with Gasteiger partial charge in [0.2, 0.25) is 5.91 Å². The molecule has 0 spiro atoms. The number of methoxy groups -OCH3 is 1. The minimum absolute atomic E-state index is 0.0546. The summed E-state index contributed by atoms with van der Waals surface area (Å²) in [6.07, 6.45) is 3.36. The topological polar surface area (TPSA) is 49.9 Å². The number of ether oxygens (including phenoxy) is 1. The van der Waals surface area contributed by atoms with E-state index in [1.54, 1.807) is 7.11 Å². The summed E-state index contributed by atoms with van der Waals surface area (Å²) in [5, 5.41) is 0. The number of likely N-dealkylation sites (tertiary alicyclic amines) is 1. The molecule has 3 heterocycles. The van der Waals surface area contributed by atoms with Crippen LogP contribution in [0.2, 0.25) is 0 Å². The number of fused-ring (bicyclic) bond motifs is 4. The Hall–Kier alpha value is -1.88. The van der Waals surface area contributed by atoms with Crippen molar-refractivity contribution in [2.75, 3.05) is 26.7 Å². The molecule has 25 heavy (non-hydrogen) atoms. The van der Waals surface area contributed by atoms with Crippen LogP contribution in [-0.4, -0.2) is 54.4 Å². The molecule has 3 fully saturated rings. The number of carbonyl (C=O) groups is 2. The number of amides is 2. The zero-order chi connectivity index (χ0) is 17.4. The lowest BCUT2D eigenvalue weighted by Gasteiger charge is -2.52. The van der Waals surface area contributed by atoms with E-state index in [0.717, 1.165) is 44.5 Å².